The Morgan fingerprint density at radius 2 is 2.09 bits per heavy atom. The number of methoxy groups -OCH3 is 1. The summed E-state index contributed by atoms with van der Waals surface area (Å²) in [7, 11) is 3.85. The predicted octanol–water partition coefficient (Wildman–Crippen LogP) is 1.78. The van der Waals surface area contributed by atoms with Crippen LogP contribution in [0.15, 0.2) is 0 Å². The molecular formula is C16H30N4O2. The largest absolute Gasteiger partial charge is 0.389 e. The Morgan fingerprint density at radius 1 is 1.32 bits per heavy atom. The van der Waals surface area contributed by atoms with Gasteiger partial charge < -0.3 is 9.84 Å². The van der Waals surface area contributed by atoms with Gasteiger partial charge in [-0.05, 0) is 40.3 Å². The minimum Gasteiger partial charge on any atom is -0.389 e. The Balaban J connectivity index is 2.27. The molecule has 1 saturated heterocycles. The van der Waals surface area contributed by atoms with Crippen LogP contribution in [0.2, 0.25) is 0 Å². The van der Waals surface area contributed by atoms with E-state index in [9.17, 15) is 5.11 Å². The second-order valence-corrected chi connectivity index (χ2v) is 6.94. The number of likely N-dealkylation sites (tertiary alicyclic amines) is 1. The van der Waals surface area contributed by atoms with E-state index in [1.165, 1.54) is 19.3 Å². The number of aliphatic hydroxyl groups is 1. The molecule has 1 aromatic heterocycles. The first-order valence-electron chi connectivity index (χ1n) is 8.26. The fourth-order valence-electron chi connectivity index (χ4n) is 3.01. The molecule has 1 aromatic rings. The summed E-state index contributed by atoms with van der Waals surface area (Å²) in [5, 5.41) is 14.8. The molecule has 22 heavy (non-hydrogen) atoms. The van der Waals surface area contributed by atoms with Crippen LogP contribution < -0.4 is 0 Å². The van der Waals surface area contributed by atoms with Gasteiger partial charge in [-0.1, -0.05) is 12.8 Å². The molecule has 0 aliphatic carbocycles. The quantitative estimate of drug-likeness (QED) is 0.868. The second-order valence-electron chi connectivity index (χ2n) is 6.94. The number of nitrogens with zero attached hydrogens (tertiary/aromatic N) is 4. The molecule has 1 atom stereocenters. The molecule has 126 valence electrons. The lowest BCUT2D eigenvalue weighted by molar-refractivity contribution is 0.0545. The van der Waals surface area contributed by atoms with Crippen molar-refractivity contribution in [2.45, 2.75) is 64.1 Å². The molecular weight excluding hydrogens is 280 g/mol. The van der Waals surface area contributed by atoms with Crippen LogP contribution in [0.25, 0.3) is 0 Å². The molecule has 0 radical (unpaired) electrons. The van der Waals surface area contributed by atoms with Gasteiger partial charge in [-0.15, -0.1) is 0 Å². The molecule has 0 bridgehead atoms. The first-order valence-corrected chi connectivity index (χ1v) is 8.26. The minimum atomic E-state index is -0.801. The molecule has 2 rings (SSSR count). The minimum absolute atomic E-state index is 0.286. The highest BCUT2D eigenvalue weighted by atomic mass is 16.5. The van der Waals surface area contributed by atoms with Crippen LogP contribution in [0.1, 0.15) is 57.2 Å². The molecule has 6 heteroatoms. The number of hydrogen-bond donors (Lipinski definition) is 1. The van der Waals surface area contributed by atoms with Crippen molar-refractivity contribution in [3.05, 3.63) is 11.6 Å². The summed E-state index contributed by atoms with van der Waals surface area (Å²) in [5.74, 6) is 1.79. The van der Waals surface area contributed by atoms with Crippen LogP contribution in [-0.2, 0) is 17.7 Å². The van der Waals surface area contributed by atoms with Gasteiger partial charge in [0.05, 0.1) is 24.8 Å². The van der Waals surface area contributed by atoms with E-state index >= 15 is 0 Å². The summed E-state index contributed by atoms with van der Waals surface area (Å²) in [4.78, 5) is 7.14. The number of hydrogen-bond acceptors (Lipinski definition) is 5. The van der Waals surface area contributed by atoms with E-state index < -0.39 is 5.60 Å². The van der Waals surface area contributed by atoms with Crippen LogP contribution >= 0.6 is 0 Å². The van der Waals surface area contributed by atoms with Crippen LogP contribution in [0, 0.1) is 0 Å². The molecule has 0 saturated carbocycles. The average molecular weight is 310 g/mol. The monoisotopic (exact) mass is 310 g/mol. The number of rotatable bonds is 6. The fraction of sp³-hybridized carbons (Fsp3) is 0.875. The lowest BCUT2D eigenvalue weighted by Gasteiger charge is -2.26. The van der Waals surface area contributed by atoms with Gasteiger partial charge in [0.1, 0.15) is 5.82 Å². The van der Waals surface area contributed by atoms with E-state index in [1.807, 2.05) is 18.5 Å². The summed E-state index contributed by atoms with van der Waals surface area (Å²) in [5.41, 5.74) is -0.801. The van der Waals surface area contributed by atoms with Crippen molar-refractivity contribution in [3.63, 3.8) is 0 Å². The first-order chi connectivity index (χ1) is 10.4. The summed E-state index contributed by atoms with van der Waals surface area (Å²) < 4.78 is 7.03. The van der Waals surface area contributed by atoms with Crippen molar-refractivity contribution in [1.82, 2.24) is 19.7 Å². The predicted molar refractivity (Wildman–Crippen MR) is 85.7 cm³/mol. The molecule has 0 spiro atoms. The summed E-state index contributed by atoms with van der Waals surface area (Å²) in [6, 6.07) is 0.286. The van der Waals surface area contributed by atoms with Crippen molar-refractivity contribution in [3.8, 4) is 0 Å². The van der Waals surface area contributed by atoms with Crippen molar-refractivity contribution in [2.24, 2.45) is 0 Å². The normalized spacial score (nSPS) is 21.0. The number of ether oxygens (including phenoxy) is 1. The smallest absolute Gasteiger partial charge is 0.153 e. The van der Waals surface area contributed by atoms with Gasteiger partial charge in [-0.3, -0.25) is 4.90 Å². The van der Waals surface area contributed by atoms with Gasteiger partial charge in [0.2, 0.25) is 0 Å². The van der Waals surface area contributed by atoms with E-state index in [0.717, 1.165) is 24.6 Å². The highest BCUT2D eigenvalue weighted by molar-refractivity contribution is 5.02. The topological polar surface area (TPSA) is 63.4 Å². The highest BCUT2D eigenvalue weighted by Crippen LogP contribution is 2.28. The molecule has 6 nitrogen and oxygen atoms in total. The zero-order chi connectivity index (χ0) is 16.2. The summed E-state index contributed by atoms with van der Waals surface area (Å²) >= 11 is 0. The zero-order valence-electron chi connectivity index (χ0n) is 14.4. The molecule has 2 heterocycles. The van der Waals surface area contributed by atoms with Gasteiger partial charge in [-0.25, -0.2) is 9.67 Å². The van der Waals surface area contributed by atoms with E-state index in [0.29, 0.717) is 19.6 Å². The lowest BCUT2D eigenvalue weighted by Crippen LogP contribution is -2.32. The van der Waals surface area contributed by atoms with Crippen molar-refractivity contribution in [2.75, 3.05) is 27.3 Å². The van der Waals surface area contributed by atoms with E-state index in [1.54, 1.807) is 7.11 Å². The van der Waals surface area contributed by atoms with Crippen molar-refractivity contribution >= 4 is 0 Å². The number of aromatic nitrogens is 3. The third-order valence-electron chi connectivity index (χ3n) is 4.13. The third-order valence-corrected chi connectivity index (χ3v) is 4.13. The Morgan fingerprint density at radius 3 is 2.77 bits per heavy atom. The zero-order valence-corrected chi connectivity index (χ0v) is 14.4. The SMILES string of the molecule is COCCc1nc([C@@H]2CCCCCN2C)n(CC(C)(C)O)n1. The van der Waals surface area contributed by atoms with E-state index in [-0.39, 0.29) is 6.04 Å². The molecule has 0 amide bonds. The molecule has 1 fully saturated rings. The highest BCUT2D eigenvalue weighted by Gasteiger charge is 2.27. The van der Waals surface area contributed by atoms with Gasteiger partial charge in [0.25, 0.3) is 0 Å². The first kappa shape index (κ1) is 17.4. The lowest BCUT2D eigenvalue weighted by atomic mass is 10.1. The molecule has 1 N–H and O–H groups in total. The third kappa shape index (κ3) is 4.76. The second kappa shape index (κ2) is 7.53. The van der Waals surface area contributed by atoms with Crippen LogP contribution in [-0.4, -0.2) is 57.7 Å². The summed E-state index contributed by atoms with van der Waals surface area (Å²) in [6.45, 7) is 5.79. The Labute approximate surface area is 133 Å². The van der Waals surface area contributed by atoms with Gasteiger partial charge in [0, 0.05) is 13.5 Å². The Hall–Kier alpha value is -0.980. The molecule has 1 aliphatic rings. The Bertz CT molecular complexity index is 467. The average Bonchev–Trinajstić information content (AvgIpc) is 2.67. The maximum absolute atomic E-state index is 10.2. The van der Waals surface area contributed by atoms with Crippen LogP contribution in [0.5, 0.6) is 0 Å². The van der Waals surface area contributed by atoms with Crippen molar-refractivity contribution < 1.29 is 9.84 Å². The fourth-order valence-corrected chi connectivity index (χ4v) is 3.01. The van der Waals surface area contributed by atoms with Gasteiger partial charge >= 0.3 is 0 Å². The van der Waals surface area contributed by atoms with E-state index in [2.05, 4.69) is 17.0 Å². The standard InChI is InChI=1S/C16H30N4O2/c1-16(2,21)12-20-15(17-14(18-20)9-11-22-4)13-8-6-5-7-10-19(13)3/h13,21H,5-12H2,1-4H3/t13-/m0/s1. The van der Waals surface area contributed by atoms with E-state index in [4.69, 9.17) is 9.72 Å². The van der Waals surface area contributed by atoms with Crippen LogP contribution in [0.3, 0.4) is 0 Å². The van der Waals surface area contributed by atoms with Crippen LogP contribution in [0.4, 0.5) is 0 Å². The maximum atomic E-state index is 10.2. The summed E-state index contributed by atoms with van der Waals surface area (Å²) in [6.07, 6.45) is 5.54. The molecule has 0 aromatic carbocycles. The van der Waals surface area contributed by atoms with Gasteiger partial charge in [-0.2, -0.15) is 5.10 Å². The maximum Gasteiger partial charge on any atom is 0.153 e. The van der Waals surface area contributed by atoms with Gasteiger partial charge in [0.15, 0.2) is 5.82 Å². The Kier molecular flexibility index (Phi) is 5.94. The molecule has 0 unspecified atom stereocenters. The van der Waals surface area contributed by atoms with Crippen molar-refractivity contribution in [1.29, 1.82) is 0 Å². The molecule has 1 aliphatic heterocycles.